The maximum Gasteiger partial charge on any atom is 0.274 e. The van der Waals surface area contributed by atoms with Gasteiger partial charge in [0.25, 0.3) is 5.91 Å². The molecule has 5 nitrogen and oxygen atoms in total. The van der Waals surface area contributed by atoms with Crippen molar-refractivity contribution in [2.75, 3.05) is 14.2 Å². The maximum absolute atomic E-state index is 13.7. The van der Waals surface area contributed by atoms with Gasteiger partial charge in [0.15, 0.2) is 0 Å². The summed E-state index contributed by atoms with van der Waals surface area (Å²) in [5.41, 5.74) is 4.81. The number of allylic oxidation sites excluding steroid dienone is 1. The highest BCUT2D eigenvalue weighted by Crippen LogP contribution is 2.45. The molecule has 2 atom stereocenters. The lowest BCUT2D eigenvalue weighted by atomic mass is 9.77. The molecule has 3 aromatic rings. The van der Waals surface area contributed by atoms with Gasteiger partial charge in [-0.2, -0.15) is 5.10 Å². The maximum atomic E-state index is 13.7. The van der Waals surface area contributed by atoms with Gasteiger partial charge in [-0.3, -0.25) is 4.79 Å². The number of ether oxygens (including phenoxy) is 2. The van der Waals surface area contributed by atoms with Crippen molar-refractivity contribution in [2.45, 2.75) is 25.3 Å². The van der Waals surface area contributed by atoms with Gasteiger partial charge in [-0.1, -0.05) is 41.9 Å². The first kappa shape index (κ1) is 23.2. The second-order valence-corrected chi connectivity index (χ2v) is 9.24. The zero-order chi connectivity index (χ0) is 24.4. The second-order valence-electron chi connectivity index (χ2n) is 8.80. The summed E-state index contributed by atoms with van der Waals surface area (Å²) in [6, 6.07) is 22.8. The summed E-state index contributed by atoms with van der Waals surface area (Å²) >= 11 is 6.20. The molecule has 0 aromatic heterocycles. The van der Waals surface area contributed by atoms with Crippen molar-refractivity contribution >= 4 is 29.3 Å². The number of benzene rings is 3. The van der Waals surface area contributed by atoms with E-state index in [1.54, 1.807) is 43.5 Å². The summed E-state index contributed by atoms with van der Waals surface area (Å²) in [6.45, 7) is 0. The smallest absolute Gasteiger partial charge is 0.274 e. The molecule has 1 aliphatic heterocycles. The Kier molecular flexibility index (Phi) is 6.60. The minimum atomic E-state index is -0.193. The number of hydrazone groups is 1. The SMILES string of the molecule is COc1ccc(/C=C2/CCC[C@@H]3C2=NN(C(=O)c2cccc(Cl)c2)[C@@H]3c2ccc(OC)cc2)cc1. The number of hydrogen-bond acceptors (Lipinski definition) is 4. The Labute approximate surface area is 210 Å². The quantitative estimate of drug-likeness (QED) is 0.398. The normalized spacial score (nSPS) is 20.4. The molecule has 1 heterocycles. The number of nitrogens with zero attached hydrogens (tertiary/aromatic N) is 2. The summed E-state index contributed by atoms with van der Waals surface area (Å²) < 4.78 is 10.6. The molecule has 0 unspecified atom stereocenters. The van der Waals surface area contributed by atoms with E-state index in [-0.39, 0.29) is 17.9 Å². The van der Waals surface area contributed by atoms with Crippen LogP contribution in [0.1, 0.15) is 46.8 Å². The van der Waals surface area contributed by atoms with Crippen molar-refractivity contribution in [3.8, 4) is 11.5 Å². The summed E-state index contributed by atoms with van der Waals surface area (Å²) in [5.74, 6) is 1.57. The number of methoxy groups -OCH3 is 2. The van der Waals surface area contributed by atoms with Crippen LogP contribution in [-0.4, -0.2) is 30.8 Å². The fourth-order valence-electron chi connectivity index (χ4n) is 4.96. The fourth-order valence-corrected chi connectivity index (χ4v) is 5.15. The summed E-state index contributed by atoms with van der Waals surface area (Å²) in [5, 5.41) is 7.14. The van der Waals surface area contributed by atoms with Crippen LogP contribution in [0.15, 0.2) is 83.5 Å². The molecule has 0 saturated heterocycles. The van der Waals surface area contributed by atoms with Gasteiger partial charge >= 0.3 is 0 Å². The van der Waals surface area contributed by atoms with Crippen LogP contribution < -0.4 is 9.47 Å². The van der Waals surface area contributed by atoms with Gasteiger partial charge in [0.2, 0.25) is 0 Å². The van der Waals surface area contributed by atoms with E-state index in [0.717, 1.165) is 47.6 Å². The molecular weight excluding hydrogens is 460 g/mol. The molecule has 3 aromatic carbocycles. The molecule has 1 amide bonds. The van der Waals surface area contributed by atoms with Gasteiger partial charge < -0.3 is 9.47 Å². The van der Waals surface area contributed by atoms with Crippen LogP contribution in [0.5, 0.6) is 11.5 Å². The summed E-state index contributed by atoms with van der Waals surface area (Å²) in [6.07, 6.45) is 5.12. The molecular formula is C29H27ClN2O3. The highest BCUT2D eigenvalue weighted by molar-refractivity contribution is 6.31. The predicted octanol–water partition coefficient (Wildman–Crippen LogP) is 6.79. The Balaban J connectivity index is 1.56. The molecule has 1 saturated carbocycles. The molecule has 1 aliphatic carbocycles. The number of carbonyl (C=O) groups excluding carboxylic acids is 1. The standard InChI is InChI=1S/C29H27ClN2O3/c1-34-24-13-9-19(10-14-24)17-21-5-4-8-26-27(21)31-32(29(33)22-6-3-7-23(30)18-22)28(26)20-11-15-25(35-2)16-12-20/h3,6-7,9-18,26,28H,4-5,8H2,1-2H3/b21-17-/t26-,28-/m1/s1. The van der Waals surface area contributed by atoms with Crippen LogP contribution in [0.4, 0.5) is 0 Å². The summed E-state index contributed by atoms with van der Waals surface area (Å²) in [7, 11) is 3.31. The van der Waals surface area contributed by atoms with Gasteiger partial charge in [0.1, 0.15) is 11.5 Å². The minimum absolute atomic E-state index is 0.116. The molecule has 2 aliphatic rings. The Hall–Kier alpha value is -3.57. The average Bonchev–Trinajstić information content (AvgIpc) is 3.29. The molecule has 0 bridgehead atoms. The van der Waals surface area contributed by atoms with Gasteiger partial charge in [-0.15, -0.1) is 0 Å². The highest BCUT2D eigenvalue weighted by Gasteiger charge is 2.44. The van der Waals surface area contributed by atoms with Crippen molar-refractivity contribution in [1.82, 2.24) is 5.01 Å². The number of hydrogen-bond donors (Lipinski definition) is 0. The monoisotopic (exact) mass is 486 g/mol. The van der Waals surface area contributed by atoms with E-state index in [4.69, 9.17) is 26.2 Å². The van der Waals surface area contributed by atoms with Gasteiger partial charge in [-0.25, -0.2) is 5.01 Å². The number of carbonyl (C=O) groups is 1. The topological polar surface area (TPSA) is 51.1 Å². The number of rotatable bonds is 5. The predicted molar refractivity (Wildman–Crippen MR) is 139 cm³/mol. The number of halogens is 1. The first-order valence-electron chi connectivity index (χ1n) is 11.7. The van der Waals surface area contributed by atoms with Crippen molar-refractivity contribution in [2.24, 2.45) is 11.0 Å². The lowest BCUT2D eigenvalue weighted by molar-refractivity contribution is 0.0681. The molecule has 5 rings (SSSR count). The Morgan fingerprint density at radius 1 is 1.00 bits per heavy atom. The third kappa shape index (κ3) is 4.69. The van der Waals surface area contributed by atoms with Crippen LogP contribution in [0.3, 0.4) is 0 Å². The highest BCUT2D eigenvalue weighted by atomic mass is 35.5. The van der Waals surface area contributed by atoms with Gasteiger partial charge in [0, 0.05) is 16.5 Å². The van der Waals surface area contributed by atoms with Crippen molar-refractivity contribution in [1.29, 1.82) is 0 Å². The van der Waals surface area contributed by atoms with E-state index in [0.29, 0.717) is 10.6 Å². The van der Waals surface area contributed by atoms with E-state index in [2.05, 4.69) is 6.08 Å². The van der Waals surface area contributed by atoms with Crippen LogP contribution in [-0.2, 0) is 0 Å². The number of amides is 1. The Morgan fingerprint density at radius 2 is 1.69 bits per heavy atom. The third-order valence-electron chi connectivity index (χ3n) is 6.70. The van der Waals surface area contributed by atoms with Crippen molar-refractivity contribution in [3.63, 3.8) is 0 Å². The van der Waals surface area contributed by atoms with Crippen LogP contribution in [0.2, 0.25) is 5.02 Å². The molecule has 1 fully saturated rings. The molecule has 0 N–H and O–H groups in total. The molecule has 35 heavy (non-hydrogen) atoms. The first-order chi connectivity index (χ1) is 17.1. The third-order valence-corrected chi connectivity index (χ3v) is 6.93. The molecule has 0 radical (unpaired) electrons. The van der Waals surface area contributed by atoms with Crippen LogP contribution >= 0.6 is 11.6 Å². The number of fused-ring (bicyclic) bond motifs is 1. The second kappa shape index (κ2) is 9.96. The summed E-state index contributed by atoms with van der Waals surface area (Å²) in [4.78, 5) is 13.7. The minimum Gasteiger partial charge on any atom is -0.497 e. The van der Waals surface area contributed by atoms with E-state index in [9.17, 15) is 4.79 Å². The van der Waals surface area contributed by atoms with Crippen LogP contribution in [0.25, 0.3) is 6.08 Å². The first-order valence-corrected chi connectivity index (χ1v) is 12.1. The van der Waals surface area contributed by atoms with Crippen molar-refractivity contribution in [3.05, 3.63) is 100 Å². The van der Waals surface area contributed by atoms with E-state index in [1.165, 1.54) is 5.57 Å². The van der Waals surface area contributed by atoms with E-state index < -0.39 is 0 Å². The van der Waals surface area contributed by atoms with E-state index in [1.807, 2.05) is 48.5 Å². The lowest BCUT2D eigenvalue weighted by Gasteiger charge is -2.29. The Morgan fingerprint density at radius 3 is 2.34 bits per heavy atom. The lowest BCUT2D eigenvalue weighted by Crippen LogP contribution is -2.31. The van der Waals surface area contributed by atoms with Gasteiger partial charge in [0.05, 0.1) is 26.0 Å². The fraction of sp³-hybridized carbons (Fsp3) is 0.241. The van der Waals surface area contributed by atoms with Crippen molar-refractivity contribution < 1.29 is 14.3 Å². The average molecular weight is 487 g/mol. The molecule has 0 spiro atoms. The Bertz CT molecular complexity index is 1280. The zero-order valence-corrected chi connectivity index (χ0v) is 20.5. The van der Waals surface area contributed by atoms with E-state index >= 15 is 0 Å². The van der Waals surface area contributed by atoms with Crippen LogP contribution in [0, 0.1) is 5.92 Å². The largest absolute Gasteiger partial charge is 0.497 e. The molecule has 178 valence electrons. The molecule has 6 heteroatoms. The van der Waals surface area contributed by atoms with Gasteiger partial charge in [-0.05, 0) is 84.5 Å². The zero-order valence-electron chi connectivity index (χ0n) is 19.8.